The lowest BCUT2D eigenvalue weighted by molar-refractivity contribution is -0.133. The molecule has 0 N–H and O–H groups in total. The van der Waals surface area contributed by atoms with Crippen molar-refractivity contribution in [2.75, 3.05) is 12.8 Å². The van der Waals surface area contributed by atoms with Gasteiger partial charge in [-0.3, -0.25) is 4.79 Å². The molecule has 1 fully saturated rings. The number of sulfone groups is 1. The molecule has 0 bridgehead atoms. The number of hydrogen-bond donors (Lipinski definition) is 0. The van der Waals surface area contributed by atoms with Gasteiger partial charge in [0.15, 0.2) is 9.84 Å². The van der Waals surface area contributed by atoms with Crippen molar-refractivity contribution >= 4 is 15.7 Å². The number of benzene rings is 2. The first-order chi connectivity index (χ1) is 15.7. The van der Waals surface area contributed by atoms with Gasteiger partial charge in [0.25, 0.3) is 0 Å². The fourth-order valence-corrected chi connectivity index (χ4v) is 4.87. The number of likely N-dealkylation sites (tertiary alicyclic amines) is 1. The number of rotatable bonds is 7. The van der Waals surface area contributed by atoms with Crippen LogP contribution in [0.25, 0.3) is 11.4 Å². The highest BCUT2D eigenvalue weighted by Gasteiger charge is 2.34. The van der Waals surface area contributed by atoms with Crippen molar-refractivity contribution in [3.05, 3.63) is 65.8 Å². The maximum Gasteiger partial charge on any atom is 0.249 e. The van der Waals surface area contributed by atoms with E-state index in [1.807, 2.05) is 6.92 Å². The van der Waals surface area contributed by atoms with Crippen molar-refractivity contribution in [1.82, 2.24) is 15.0 Å². The van der Waals surface area contributed by atoms with Crippen LogP contribution in [0.3, 0.4) is 0 Å². The number of halogens is 1. The van der Waals surface area contributed by atoms with E-state index >= 15 is 0 Å². The second-order valence-corrected chi connectivity index (χ2v) is 10.6. The van der Waals surface area contributed by atoms with E-state index in [1.54, 1.807) is 35.2 Å². The van der Waals surface area contributed by atoms with Gasteiger partial charge in [0.05, 0.1) is 4.90 Å². The summed E-state index contributed by atoms with van der Waals surface area (Å²) in [7, 11) is -3.36. The van der Waals surface area contributed by atoms with Crippen LogP contribution in [0, 0.1) is 11.7 Å². The number of nitrogens with zero attached hydrogens (tertiary/aromatic N) is 3. The smallest absolute Gasteiger partial charge is 0.249 e. The van der Waals surface area contributed by atoms with Gasteiger partial charge in [0.1, 0.15) is 11.9 Å². The molecule has 1 saturated heterocycles. The average Bonchev–Trinajstić information content (AvgIpc) is 3.44. The van der Waals surface area contributed by atoms with Crippen molar-refractivity contribution in [2.45, 2.75) is 43.5 Å². The minimum atomic E-state index is -3.36. The topological polar surface area (TPSA) is 93.4 Å². The van der Waals surface area contributed by atoms with Crippen molar-refractivity contribution in [2.24, 2.45) is 5.92 Å². The summed E-state index contributed by atoms with van der Waals surface area (Å²) in [5.74, 6) is 0.312. The van der Waals surface area contributed by atoms with Gasteiger partial charge in [-0.2, -0.15) is 4.98 Å². The summed E-state index contributed by atoms with van der Waals surface area (Å²) in [6.45, 7) is 2.53. The van der Waals surface area contributed by atoms with Crippen LogP contribution in [0.1, 0.15) is 43.7 Å². The molecule has 1 aromatic heterocycles. The molecule has 1 amide bonds. The van der Waals surface area contributed by atoms with E-state index in [9.17, 15) is 17.6 Å². The highest BCUT2D eigenvalue weighted by molar-refractivity contribution is 7.90. The Kier molecular flexibility index (Phi) is 6.60. The molecular formula is C24H26FN3O4S. The highest BCUT2D eigenvalue weighted by atomic mass is 32.2. The van der Waals surface area contributed by atoms with Crippen LogP contribution in [0.4, 0.5) is 4.39 Å². The SMILES string of the molecule is C[C@@H](CC(=O)N1CCC[C@H]1c1nc(-c2cccc(S(C)(=O)=O)c2)no1)Cc1ccccc1F. The summed E-state index contributed by atoms with van der Waals surface area (Å²) in [5.41, 5.74) is 1.14. The van der Waals surface area contributed by atoms with Gasteiger partial charge >= 0.3 is 0 Å². The lowest BCUT2D eigenvalue weighted by Gasteiger charge is -2.23. The summed E-state index contributed by atoms with van der Waals surface area (Å²) in [6.07, 6.45) is 3.45. The number of amides is 1. The highest BCUT2D eigenvalue weighted by Crippen LogP contribution is 2.33. The van der Waals surface area contributed by atoms with Crippen LogP contribution in [0.5, 0.6) is 0 Å². The third-order valence-corrected chi connectivity index (χ3v) is 6.98. The second kappa shape index (κ2) is 9.43. The number of carbonyl (C=O) groups excluding carboxylic acids is 1. The third-order valence-electron chi connectivity index (χ3n) is 5.87. The van der Waals surface area contributed by atoms with E-state index < -0.39 is 9.84 Å². The molecular weight excluding hydrogens is 445 g/mol. The quantitative estimate of drug-likeness (QED) is 0.512. The van der Waals surface area contributed by atoms with Crippen molar-refractivity contribution < 1.29 is 22.1 Å². The van der Waals surface area contributed by atoms with E-state index in [0.717, 1.165) is 12.7 Å². The van der Waals surface area contributed by atoms with Crippen molar-refractivity contribution in [1.29, 1.82) is 0 Å². The number of aromatic nitrogens is 2. The molecule has 2 heterocycles. The molecule has 2 atom stereocenters. The molecule has 1 aliphatic rings. The fourth-order valence-electron chi connectivity index (χ4n) is 4.20. The Morgan fingerprint density at radius 1 is 1.24 bits per heavy atom. The molecule has 0 aliphatic carbocycles. The third kappa shape index (κ3) is 5.30. The number of hydrogen-bond acceptors (Lipinski definition) is 6. The summed E-state index contributed by atoms with van der Waals surface area (Å²) in [4.78, 5) is 19.4. The molecule has 0 spiro atoms. The molecule has 0 saturated carbocycles. The molecule has 4 rings (SSSR count). The Hall–Kier alpha value is -3.07. The van der Waals surface area contributed by atoms with Crippen LogP contribution < -0.4 is 0 Å². The zero-order valence-corrected chi connectivity index (χ0v) is 19.4. The molecule has 0 radical (unpaired) electrons. The molecule has 0 unspecified atom stereocenters. The van der Waals surface area contributed by atoms with E-state index in [0.29, 0.717) is 42.8 Å². The molecule has 9 heteroatoms. The Labute approximate surface area is 192 Å². The molecule has 7 nitrogen and oxygen atoms in total. The van der Waals surface area contributed by atoms with E-state index in [-0.39, 0.29) is 34.4 Å². The van der Waals surface area contributed by atoms with Gasteiger partial charge in [0.2, 0.25) is 17.6 Å². The van der Waals surface area contributed by atoms with E-state index in [2.05, 4.69) is 10.1 Å². The van der Waals surface area contributed by atoms with Crippen LogP contribution in [-0.2, 0) is 21.1 Å². The maximum atomic E-state index is 13.9. The van der Waals surface area contributed by atoms with E-state index in [4.69, 9.17) is 4.52 Å². The number of carbonyl (C=O) groups is 1. The summed E-state index contributed by atoms with van der Waals surface area (Å²) in [6, 6.07) is 12.7. The Morgan fingerprint density at radius 3 is 2.79 bits per heavy atom. The van der Waals surface area contributed by atoms with Crippen LogP contribution >= 0.6 is 0 Å². The summed E-state index contributed by atoms with van der Waals surface area (Å²) < 4.78 is 43.1. The molecule has 3 aromatic rings. The maximum absolute atomic E-state index is 13.9. The predicted molar refractivity (Wildman–Crippen MR) is 120 cm³/mol. The minimum absolute atomic E-state index is 0.0207. The average molecular weight is 472 g/mol. The van der Waals surface area contributed by atoms with Crippen molar-refractivity contribution in [3.8, 4) is 11.4 Å². The van der Waals surface area contributed by atoms with Gasteiger partial charge in [0, 0.05) is 24.8 Å². The Balaban J connectivity index is 1.46. The summed E-state index contributed by atoms with van der Waals surface area (Å²) in [5, 5.41) is 4.01. The van der Waals surface area contributed by atoms with Crippen LogP contribution in [-0.4, -0.2) is 42.2 Å². The summed E-state index contributed by atoms with van der Waals surface area (Å²) >= 11 is 0. The van der Waals surface area contributed by atoms with E-state index in [1.165, 1.54) is 18.2 Å². The largest absolute Gasteiger partial charge is 0.337 e. The molecule has 33 heavy (non-hydrogen) atoms. The normalized spacial score (nSPS) is 17.3. The Morgan fingerprint density at radius 2 is 2.03 bits per heavy atom. The minimum Gasteiger partial charge on any atom is -0.337 e. The second-order valence-electron chi connectivity index (χ2n) is 8.61. The standard InChI is InChI=1S/C24H26FN3O4S/c1-16(13-17-7-3-4-10-20(17)25)14-22(29)28-12-6-11-21(28)24-26-23(27-32-24)18-8-5-9-19(15-18)33(2,30)31/h3-5,7-10,15-16,21H,6,11-14H2,1-2H3/t16-,21+/m1/s1. The first kappa shape index (κ1) is 23.1. The first-order valence-electron chi connectivity index (χ1n) is 10.9. The monoisotopic (exact) mass is 471 g/mol. The van der Waals surface area contributed by atoms with Gasteiger partial charge < -0.3 is 9.42 Å². The molecule has 1 aliphatic heterocycles. The predicted octanol–water partition coefficient (Wildman–Crippen LogP) is 4.21. The van der Waals surface area contributed by atoms with Crippen LogP contribution in [0.15, 0.2) is 57.9 Å². The Bertz CT molecular complexity index is 1260. The zero-order valence-electron chi connectivity index (χ0n) is 18.6. The van der Waals surface area contributed by atoms with Gasteiger partial charge in [-0.25, -0.2) is 12.8 Å². The first-order valence-corrected chi connectivity index (χ1v) is 12.8. The van der Waals surface area contributed by atoms with Crippen molar-refractivity contribution in [3.63, 3.8) is 0 Å². The molecule has 174 valence electrons. The lowest BCUT2D eigenvalue weighted by Crippen LogP contribution is -2.32. The lowest BCUT2D eigenvalue weighted by atomic mass is 9.97. The zero-order chi connectivity index (χ0) is 23.6. The van der Waals surface area contributed by atoms with Gasteiger partial charge in [-0.15, -0.1) is 0 Å². The van der Waals surface area contributed by atoms with Gasteiger partial charge in [-0.1, -0.05) is 42.4 Å². The fraction of sp³-hybridized carbons (Fsp3) is 0.375. The van der Waals surface area contributed by atoms with Crippen LogP contribution in [0.2, 0.25) is 0 Å². The molecule has 2 aromatic carbocycles. The van der Waals surface area contributed by atoms with Gasteiger partial charge in [-0.05, 0) is 48.9 Å².